The lowest BCUT2D eigenvalue weighted by atomic mass is 10.1. The summed E-state index contributed by atoms with van der Waals surface area (Å²) in [6.45, 7) is 1.85. The Labute approximate surface area is 109 Å². The molecule has 0 bridgehead atoms. The first kappa shape index (κ1) is 11.4. The fourth-order valence-electron chi connectivity index (χ4n) is 2.01. The minimum absolute atomic E-state index is 0.0197. The zero-order valence-electron chi connectivity index (χ0n) is 10.2. The topological polar surface area (TPSA) is 67.5 Å². The van der Waals surface area contributed by atoms with Gasteiger partial charge in [-0.1, -0.05) is 30.3 Å². The van der Waals surface area contributed by atoms with E-state index in [2.05, 4.69) is 10.1 Å². The first-order valence-electron chi connectivity index (χ1n) is 5.81. The Hall–Kier alpha value is -2.69. The molecule has 0 atom stereocenters. The highest BCUT2D eigenvalue weighted by Gasteiger charge is 2.13. The van der Waals surface area contributed by atoms with Crippen LogP contribution in [0.15, 0.2) is 42.5 Å². The molecule has 0 amide bonds. The van der Waals surface area contributed by atoms with E-state index >= 15 is 0 Å². The minimum atomic E-state index is -1.04. The predicted molar refractivity (Wildman–Crippen MR) is 70.1 cm³/mol. The van der Waals surface area contributed by atoms with Gasteiger partial charge in [0.05, 0.1) is 11.4 Å². The third kappa shape index (κ3) is 1.95. The van der Waals surface area contributed by atoms with Crippen molar-refractivity contribution in [3.8, 4) is 11.3 Å². The molecule has 19 heavy (non-hydrogen) atoms. The van der Waals surface area contributed by atoms with Crippen LogP contribution in [0.25, 0.3) is 16.9 Å². The normalized spacial score (nSPS) is 10.8. The molecule has 0 unspecified atom stereocenters. The average molecular weight is 253 g/mol. The van der Waals surface area contributed by atoms with Crippen LogP contribution in [-0.4, -0.2) is 25.7 Å². The van der Waals surface area contributed by atoms with E-state index in [-0.39, 0.29) is 5.69 Å². The summed E-state index contributed by atoms with van der Waals surface area (Å²) in [5.74, 6) is -1.04. The van der Waals surface area contributed by atoms with Gasteiger partial charge in [0.25, 0.3) is 0 Å². The fraction of sp³-hybridized carbons (Fsp3) is 0.0714. The van der Waals surface area contributed by atoms with Gasteiger partial charge in [0.1, 0.15) is 0 Å². The molecule has 2 aromatic heterocycles. The Morgan fingerprint density at radius 2 is 1.95 bits per heavy atom. The van der Waals surface area contributed by atoms with E-state index in [1.807, 2.05) is 37.3 Å². The summed E-state index contributed by atoms with van der Waals surface area (Å²) in [6.07, 6.45) is 0. The molecular weight excluding hydrogens is 242 g/mol. The zero-order valence-corrected chi connectivity index (χ0v) is 10.2. The first-order valence-corrected chi connectivity index (χ1v) is 5.81. The number of benzene rings is 1. The molecule has 5 nitrogen and oxygen atoms in total. The van der Waals surface area contributed by atoms with Crippen LogP contribution >= 0.6 is 0 Å². The van der Waals surface area contributed by atoms with Crippen molar-refractivity contribution >= 4 is 11.6 Å². The third-order valence-electron chi connectivity index (χ3n) is 2.84. The summed E-state index contributed by atoms with van der Waals surface area (Å²) < 4.78 is 1.66. The van der Waals surface area contributed by atoms with Crippen molar-refractivity contribution in [2.45, 2.75) is 6.92 Å². The van der Waals surface area contributed by atoms with Gasteiger partial charge in [-0.2, -0.15) is 5.10 Å². The zero-order chi connectivity index (χ0) is 13.4. The maximum absolute atomic E-state index is 11.1. The maximum atomic E-state index is 11.1. The largest absolute Gasteiger partial charge is 0.477 e. The second kappa shape index (κ2) is 4.20. The number of carbonyl (C=O) groups is 1. The van der Waals surface area contributed by atoms with Gasteiger partial charge < -0.3 is 5.11 Å². The summed E-state index contributed by atoms with van der Waals surface area (Å²) in [5, 5.41) is 13.5. The van der Waals surface area contributed by atoms with Gasteiger partial charge in [0.15, 0.2) is 11.3 Å². The molecule has 0 aliphatic heterocycles. The number of hydrogen-bond donors (Lipinski definition) is 1. The second-order valence-corrected chi connectivity index (χ2v) is 4.25. The van der Waals surface area contributed by atoms with Crippen molar-refractivity contribution in [3.63, 3.8) is 0 Å². The van der Waals surface area contributed by atoms with Gasteiger partial charge in [-0.05, 0) is 13.0 Å². The number of hydrogen-bond acceptors (Lipinski definition) is 3. The number of nitrogens with zero attached hydrogens (tertiary/aromatic N) is 3. The van der Waals surface area contributed by atoms with Gasteiger partial charge in [-0.15, -0.1) is 0 Å². The van der Waals surface area contributed by atoms with Crippen molar-refractivity contribution < 1.29 is 9.90 Å². The molecular formula is C14H11N3O2. The molecule has 0 aliphatic carbocycles. The van der Waals surface area contributed by atoms with Crippen LogP contribution < -0.4 is 0 Å². The highest BCUT2D eigenvalue weighted by molar-refractivity contribution is 5.87. The van der Waals surface area contributed by atoms with Crippen LogP contribution in [0.2, 0.25) is 0 Å². The summed E-state index contributed by atoms with van der Waals surface area (Å²) in [4.78, 5) is 15.2. The minimum Gasteiger partial charge on any atom is -0.477 e. The molecule has 0 saturated carbocycles. The number of carboxylic acid groups (broad SMARTS) is 1. The summed E-state index contributed by atoms with van der Waals surface area (Å²) in [5.41, 5.74) is 2.98. The van der Waals surface area contributed by atoms with Gasteiger partial charge >= 0.3 is 5.97 Å². The Morgan fingerprint density at radius 3 is 2.63 bits per heavy atom. The van der Waals surface area contributed by atoms with Crippen LogP contribution in [0, 0.1) is 6.92 Å². The lowest BCUT2D eigenvalue weighted by Crippen LogP contribution is -2.05. The molecule has 94 valence electrons. The molecule has 3 aromatic rings. The average Bonchev–Trinajstić information content (AvgIpc) is 2.78. The number of aromatic nitrogens is 3. The van der Waals surface area contributed by atoms with Crippen LogP contribution in [0.5, 0.6) is 0 Å². The first-order chi connectivity index (χ1) is 9.15. The monoisotopic (exact) mass is 253 g/mol. The van der Waals surface area contributed by atoms with Gasteiger partial charge in [-0.25, -0.2) is 14.3 Å². The van der Waals surface area contributed by atoms with Crippen LogP contribution in [-0.2, 0) is 0 Å². The standard InChI is InChI=1S/C14H11N3O2/c1-9-7-13-15-11(14(18)19)8-12(17(13)16-9)10-5-3-2-4-6-10/h2-8H,1H3,(H,18,19). The molecule has 0 spiro atoms. The summed E-state index contributed by atoms with van der Waals surface area (Å²) in [6, 6.07) is 12.8. The Morgan fingerprint density at radius 1 is 1.21 bits per heavy atom. The number of aryl methyl sites for hydroxylation is 1. The fourth-order valence-corrected chi connectivity index (χ4v) is 2.01. The van der Waals surface area contributed by atoms with E-state index in [0.717, 1.165) is 17.0 Å². The SMILES string of the molecule is Cc1cc2nc(C(=O)O)cc(-c3ccccc3)n2n1. The number of rotatable bonds is 2. The van der Waals surface area contributed by atoms with Gasteiger partial charge in [0, 0.05) is 11.6 Å². The van der Waals surface area contributed by atoms with E-state index in [1.54, 1.807) is 10.6 Å². The van der Waals surface area contributed by atoms with E-state index in [4.69, 9.17) is 5.11 Å². The lowest BCUT2D eigenvalue weighted by Gasteiger charge is -2.06. The second-order valence-electron chi connectivity index (χ2n) is 4.25. The maximum Gasteiger partial charge on any atom is 0.354 e. The van der Waals surface area contributed by atoms with Gasteiger partial charge in [0.2, 0.25) is 0 Å². The van der Waals surface area contributed by atoms with Crippen LogP contribution in [0.1, 0.15) is 16.2 Å². The molecule has 5 heteroatoms. The Balaban J connectivity index is 2.35. The molecule has 1 N–H and O–H groups in total. The molecule has 0 saturated heterocycles. The quantitative estimate of drug-likeness (QED) is 0.761. The third-order valence-corrected chi connectivity index (χ3v) is 2.84. The van der Waals surface area contributed by atoms with E-state index in [1.165, 1.54) is 6.07 Å². The van der Waals surface area contributed by atoms with Crippen molar-refractivity contribution in [2.75, 3.05) is 0 Å². The Kier molecular flexibility index (Phi) is 2.52. The highest BCUT2D eigenvalue weighted by atomic mass is 16.4. The van der Waals surface area contributed by atoms with Crippen molar-refractivity contribution in [1.82, 2.24) is 14.6 Å². The predicted octanol–water partition coefficient (Wildman–Crippen LogP) is 2.40. The molecule has 0 fully saturated rings. The summed E-state index contributed by atoms with van der Waals surface area (Å²) in [7, 11) is 0. The lowest BCUT2D eigenvalue weighted by molar-refractivity contribution is 0.0690. The van der Waals surface area contributed by atoms with E-state index < -0.39 is 5.97 Å². The molecule has 3 rings (SSSR count). The molecule has 1 aromatic carbocycles. The van der Waals surface area contributed by atoms with Crippen molar-refractivity contribution in [1.29, 1.82) is 0 Å². The van der Waals surface area contributed by atoms with E-state index in [9.17, 15) is 4.79 Å². The highest BCUT2D eigenvalue weighted by Crippen LogP contribution is 2.21. The Bertz CT molecular complexity index is 763. The summed E-state index contributed by atoms with van der Waals surface area (Å²) >= 11 is 0. The number of aromatic carboxylic acids is 1. The number of fused-ring (bicyclic) bond motifs is 1. The van der Waals surface area contributed by atoms with Crippen molar-refractivity contribution in [3.05, 3.63) is 53.9 Å². The smallest absolute Gasteiger partial charge is 0.354 e. The van der Waals surface area contributed by atoms with Crippen LogP contribution in [0.3, 0.4) is 0 Å². The molecule has 0 radical (unpaired) electrons. The molecule has 0 aliphatic rings. The van der Waals surface area contributed by atoms with E-state index in [0.29, 0.717) is 5.65 Å². The molecule has 2 heterocycles. The number of carboxylic acids is 1. The van der Waals surface area contributed by atoms with Gasteiger partial charge in [-0.3, -0.25) is 0 Å². The van der Waals surface area contributed by atoms with Crippen LogP contribution in [0.4, 0.5) is 0 Å². The van der Waals surface area contributed by atoms with Crippen molar-refractivity contribution in [2.24, 2.45) is 0 Å².